The minimum atomic E-state index is -0.163. The molecule has 0 aliphatic rings. The molecule has 7 nitrogen and oxygen atoms in total. The molecule has 1 aromatic heterocycles. The third kappa shape index (κ3) is 6.01. The largest absolute Gasteiger partial charge is 0.335 e. The van der Waals surface area contributed by atoms with Crippen LogP contribution < -0.4 is 10.6 Å². The average molecular weight is 310 g/mol. The Hall–Kier alpha value is -1.63. The molecule has 0 unspecified atom stereocenters. The van der Waals surface area contributed by atoms with Crippen molar-refractivity contribution in [2.45, 2.75) is 53.2 Å². The summed E-state index contributed by atoms with van der Waals surface area (Å²) in [5.74, 6) is 0.762. The molecule has 1 rings (SSSR count). The molecule has 0 aliphatic carbocycles. The highest BCUT2D eigenvalue weighted by Gasteiger charge is 2.26. The van der Waals surface area contributed by atoms with Crippen molar-refractivity contribution < 1.29 is 4.79 Å². The van der Waals surface area contributed by atoms with Crippen molar-refractivity contribution in [2.75, 3.05) is 20.6 Å². The molecule has 7 heteroatoms. The lowest BCUT2D eigenvalue weighted by molar-refractivity contribution is 0.206. The van der Waals surface area contributed by atoms with E-state index in [1.54, 1.807) is 6.33 Å². The highest BCUT2D eigenvalue weighted by Crippen LogP contribution is 2.21. The van der Waals surface area contributed by atoms with Crippen molar-refractivity contribution >= 4 is 6.03 Å². The van der Waals surface area contributed by atoms with E-state index in [9.17, 15) is 4.79 Å². The second-order valence-corrected chi connectivity index (χ2v) is 6.87. The molecular formula is C15H30N6O. The van der Waals surface area contributed by atoms with Gasteiger partial charge in [0.15, 0.2) is 5.82 Å². The summed E-state index contributed by atoms with van der Waals surface area (Å²) in [5.41, 5.74) is 0.0107. The molecule has 126 valence electrons. The van der Waals surface area contributed by atoms with Crippen LogP contribution >= 0.6 is 0 Å². The van der Waals surface area contributed by atoms with E-state index in [0.717, 1.165) is 25.3 Å². The van der Waals surface area contributed by atoms with Crippen molar-refractivity contribution in [2.24, 2.45) is 5.41 Å². The van der Waals surface area contributed by atoms with Crippen LogP contribution in [0.25, 0.3) is 0 Å². The molecule has 0 saturated heterocycles. The third-order valence-corrected chi connectivity index (χ3v) is 3.66. The van der Waals surface area contributed by atoms with Crippen molar-refractivity contribution in [1.29, 1.82) is 0 Å². The number of carbonyl (C=O) groups is 1. The fourth-order valence-corrected chi connectivity index (χ4v) is 2.16. The first kappa shape index (κ1) is 18.4. The number of aromatic nitrogens is 3. The van der Waals surface area contributed by atoms with Gasteiger partial charge < -0.3 is 20.1 Å². The van der Waals surface area contributed by atoms with Crippen molar-refractivity contribution in [3.05, 3.63) is 12.2 Å². The fourth-order valence-electron chi connectivity index (χ4n) is 2.16. The second-order valence-electron chi connectivity index (χ2n) is 6.87. The van der Waals surface area contributed by atoms with Gasteiger partial charge in [0.05, 0.1) is 6.54 Å². The topological polar surface area (TPSA) is 75.1 Å². The lowest BCUT2D eigenvalue weighted by atomic mass is 9.85. The molecule has 0 aliphatic heterocycles. The number of aryl methyl sites for hydroxylation is 1. The van der Waals surface area contributed by atoms with Gasteiger partial charge in [0.25, 0.3) is 0 Å². The first-order valence-electron chi connectivity index (χ1n) is 7.79. The Labute approximate surface area is 133 Å². The molecule has 0 saturated carbocycles. The standard InChI is InChI=1S/C15H30N6O/c1-7-21-11-17-19-13(21)10-16-14(22)18-12(15(2,3)4)8-9-20(5)6/h11-12H,7-10H2,1-6H3,(H2,16,18,22)/t12-/m1/s1. The van der Waals surface area contributed by atoms with Gasteiger partial charge in [-0.2, -0.15) is 0 Å². The maximum Gasteiger partial charge on any atom is 0.315 e. The van der Waals surface area contributed by atoms with Crippen LogP contribution in [0, 0.1) is 5.41 Å². The fraction of sp³-hybridized carbons (Fsp3) is 0.800. The molecule has 1 heterocycles. The van der Waals surface area contributed by atoms with E-state index in [0.29, 0.717) is 6.54 Å². The zero-order chi connectivity index (χ0) is 16.8. The monoisotopic (exact) mass is 310 g/mol. The predicted molar refractivity (Wildman–Crippen MR) is 87.5 cm³/mol. The molecule has 0 radical (unpaired) electrons. The van der Waals surface area contributed by atoms with Crippen LogP contribution in [0.1, 0.15) is 39.9 Å². The molecule has 0 spiro atoms. The number of amides is 2. The summed E-state index contributed by atoms with van der Waals surface area (Å²) >= 11 is 0. The Kier molecular flexibility index (Phi) is 6.80. The van der Waals surface area contributed by atoms with Gasteiger partial charge in [0.1, 0.15) is 6.33 Å². The minimum absolute atomic E-state index is 0.0107. The van der Waals surface area contributed by atoms with Crippen LogP contribution in [0.4, 0.5) is 4.79 Å². The van der Waals surface area contributed by atoms with Gasteiger partial charge in [-0.15, -0.1) is 10.2 Å². The van der Waals surface area contributed by atoms with Crippen LogP contribution in [-0.4, -0.2) is 52.4 Å². The third-order valence-electron chi connectivity index (χ3n) is 3.66. The van der Waals surface area contributed by atoms with Gasteiger partial charge in [-0.3, -0.25) is 0 Å². The SMILES string of the molecule is CCn1cnnc1CNC(=O)N[C@H](CCN(C)C)C(C)(C)C. The number of nitrogens with one attached hydrogen (secondary N) is 2. The maximum atomic E-state index is 12.1. The Balaban J connectivity index is 2.52. The van der Waals surface area contributed by atoms with Crippen LogP contribution in [-0.2, 0) is 13.1 Å². The lowest BCUT2D eigenvalue weighted by Gasteiger charge is -2.32. The summed E-state index contributed by atoms with van der Waals surface area (Å²) in [6.07, 6.45) is 2.58. The number of hydrogen-bond donors (Lipinski definition) is 2. The summed E-state index contributed by atoms with van der Waals surface area (Å²) < 4.78 is 1.91. The Bertz CT molecular complexity index is 463. The highest BCUT2D eigenvalue weighted by molar-refractivity contribution is 5.74. The lowest BCUT2D eigenvalue weighted by Crippen LogP contribution is -2.49. The number of hydrogen-bond acceptors (Lipinski definition) is 4. The van der Waals surface area contributed by atoms with E-state index in [1.165, 1.54) is 0 Å². The molecule has 0 fully saturated rings. The number of urea groups is 1. The van der Waals surface area contributed by atoms with Gasteiger partial charge in [-0.1, -0.05) is 20.8 Å². The van der Waals surface area contributed by atoms with E-state index in [-0.39, 0.29) is 17.5 Å². The van der Waals surface area contributed by atoms with Gasteiger partial charge in [-0.25, -0.2) is 4.79 Å². The van der Waals surface area contributed by atoms with E-state index in [2.05, 4.69) is 46.5 Å². The Morgan fingerprint density at radius 2 is 2.09 bits per heavy atom. The van der Waals surface area contributed by atoms with Crippen LogP contribution in [0.15, 0.2) is 6.33 Å². The molecule has 2 amide bonds. The number of nitrogens with zero attached hydrogens (tertiary/aromatic N) is 4. The molecule has 22 heavy (non-hydrogen) atoms. The van der Waals surface area contributed by atoms with Gasteiger partial charge in [0, 0.05) is 12.6 Å². The van der Waals surface area contributed by atoms with E-state index in [1.807, 2.05) is 25.6 Å². The van der Waals surface area contributed by atoms with E-state index >= 15 is 0 Å². The first-order valence-corrected chi connectivity index (χ1v) is 7.79. The minimum Gasteiger partial charge on any atom is -0.335 e. The molecular weight excluding hydrogens is 280 g/mol. The smallest absolute Gasteiger partial charge is 0.315 e. The first-order chi connectivity index (χ1) is 10.2. The van der Waals surface area contributed by atoms with Crippen molar-refractivity contribution in [3.8, 4) is 0 Å². The van der Waals surface area contributed by atoms with Crippen LogP contribution in [0.3, 0.4) is 0 Å². The summed E-state index contributed by atoms with van der Waals surface area (Å²) in [5, 5.41) is 13.8. The summed E-state index contributed by atoms with van der Waals surface area (Å²) in [7, 11) is 4.08. The van der Waals surface area contributed by atoms with E-state index < -0.39 is 0 Å². The van der Waals surface area contributed by atoms with Gasteiger partial charge in [0.2, 0.25) is 0 Å². The van der Waals surface area contributed by atoms with Gasteiger partial charge >= 0.3 is 6.03 Å². The molecule has 2 N–H and O–H groups in total. The maximum absolute atomic E-state index is 12.1. The summed E-state index contributed by atoms with van der Waals surface area (Å²) in [6, 6.07) is -0.0525. The zero-order valence-electron chi connectivity index (χ0n) is 14.7. The van der Waals surface area contributed by atoms with Crippen molar-refractivity contribution in [1.82, 2.24) is 30.3 Å². The molecule has 0 bridgehead atoms. The Morgan fingerprint density at radius 3 is 2.64 bits per heavy atom. The average Bonchev–Trinajstić information content (AvgIpc) is 2.87. The summed E-state index contributed by atoms with van der Waals surface area (Å²) in [4.78, 5) is 14.3. The van der Waals surface area contributed by atoms with Crippen molar-refractivity contribution in [3.63, 3.8) is 0 Å². The quantitative estimate of drug-likeness (QED) is 0.799. The normalized spacial score (nSPS) is 13.2. The summed E-state index contributed by atoms with van der Waals surface area (Å²) in [6.45, 7) is 10.5. The zero-order valence-corrected chi connectivity index (χ0v) is 14.7. The highest BCUT2D eigenvalue weighted by atomic mass is 16.2. The molecule has 1 aromatic rings. The molecule has 1 atom stereocenters. The number of rotatable bonds is 7. The van der Waals surface area contributed by atoms with Crippen LogP contribution in [0.2, 0.25) is 0 Å². The molecule has 0 aromatic carbocycles. The van der Waals surface area contributed by atoms with Gasteiger partial charge in [-0.05, 0) is 39.4 Å². The Morgan fingerprint density at radius 1 is 1.41 bits per heavy atom. The van der Waals surface area contributed by atoms with Crippen LogP contribution in [0.5, 0.6) is 0 Å². The van der Waals surface area contributed by atoms with E-state index in [4.69, 9.17) is 0 Å². The number of carbonyl (C=O) groups excluding carboxylic acids is 1. The second kappa shape index (κ2) is 8.12. The predicted octanol–water partition coefficient (Wildman–Crippen LogP) is 1.46.